The van der Waals surface area contributed by atoms with Gasteiger partial charge >= 0.3 is 0 Å². The van der Waals surface area contributed by atoms with Gasteiger partial charge in [0.25, 0.3) is 0 Å². The first-order chi connectivity index (χ1) is 7.56. The van der Waals surface area contributed by atoms with Crippen LogP contribution in [0.5, 0.6) is 0 Å². The lowest BCUT2D eigenvalue weighted by molar-refractivity contribution is -0.000247. The Kier molecular flexibility index (Phi) is 3.88. The molecule has 3 heteroatoms. The Labute approximate surface area is 98.5 Å². The molecule has 1 aliphatic heterocycles. The second-order valence-electron chi connectivity index (χ2n) is 5.99. The minimum absolute atomic E-state index is 0.142. The van der Waals surface area contributed by atoms with E-state index < -0.39 is 0 Å². The van der Waals surface area contributed by atoms with Crippen molar-refractivity contribution in [3.8, 4) is 0 Å². The van der Waals surface area contributed by atoms with Gasteiger partial charge in [0, 0.05) is 25.6 Å². The zero-order valence-electron chi connectivity index (χ0n) is 10.5. The quantitative estimate of drug-likeness (QED) is 0.742. The zero-order chi connectivity index (χ0) is 11.7. The van der Waals surface area contributed by atoms with E-state index in [1.165, 1.54) is 6.42 Å². The molecule has 94 valence electrons. The van der Waals surface area contributed by atoms with Crippen molar-refractivity contribution in [2.45, 2.75) is 45.3 Å². The molecule has 1 saturated carbocycles. The van der Waals surface area contributed by atoms with Crippen molar-refractivity contribution in [2.75, 3.05) is 19.6 Å². The first kappa shape index (κ1) is 12.3. The molecule has 1 heterocycles. The van der Waals surface area contributed by atoms with E-state index in [0.29, 0.717) is 17.8 Å². The third-order valence-corrected chi connectivity index (χ3v) is 4.36. The number of rotatable bonds is 2. The molecule has 0 spiro atoms. The highest BCUT2D eigenvalue weighted by Crippen LogP contribution is 2.34. The predicted octanol–water partition coefficient (Wildman–Crippen LogP) is 1.10. The molecule has 16 heavy (non-hydrogen) atoms. The first-order valence-corrected chi connectivity index (χ1v) is 6.64. The van der Waals surface area contributed by atoms with Crippen molar-refractivity contribution in [3.63, 3.8) is 0 Å². The third-order valence-electron chi connectivity index (χ3n) is 4.36. The van der Waals surface area contributed by atoms with E-state index in [0.717, 1.165) is 32.5 Å². The molecule has 0 aromatic heterocycles. The van der Waals surface area contributed by atoms with Gasteiger partial charge in [0.15, 0.2) is 0 Å². The topological polar surface area (TPSA) is 43.7 Å². The monoisotopic (exact) mass is 227 g/mol. The van der Waals surface area contributed by atoms with E-state index in [9.17, 15) is 10.2 Å². The van der Waals surface area contributed by atoms with Crippen molar-refractivity contribution in [3.05, 3.63) is 0 Å². The Morgan fingerprint density at radius 3 is 2.50 bits per heavy atom. The minimum atomic E-state index is -0.144. The number of β-amino-alcohol motifs (C(OH)–C–C–N with tert-alkyl or cyclic N) is 1. The highest BCUT2D eigenvalue weighted by atomic mass is 16.3. The van der Waals surface area contributed by atoms with Crippen LogP contribution in [0.4, 0.5) is 0 Å². The van der Waals surface area contributed by atoms with Gasteiger partial charge in [-0.2, -0.15) is 0 Å². The number of aliphatic hydroxyl groups excluding tert-OH is 2. The summed E-state index contributed by atoms with van der Waals surface area (Å²) in [7, 11) is 0. The molecule has 0 aromatic carbocycles. The van der Waals surface area contributed by atoms with Crippen LogP contribution >= 0.6 is 0 Å². The largest absolute Gasteiger partial charge is 0.393 e. The SMILES string of the molecule is CC1CC(C)C(CN2CCC(O)C2)C(O)C1. The maximum Gasteiger partial charge on any atom is 0.0679 e. The fourth-order valence-corrected chi connectivity index (χ4v) is 3.45. The molecule has 5 unspecified atom stereocenters. The van der Waals surface area contributed by atoms with Gasteiger partial charge in [-0.15, -0.1) is 0 Å². The van der Waals surface area contributed by atoms with Crippen LogP contribution in [0.2, 0.25) is 0 Å². The summed E-state index contributed by atoms with van der Waals surface area (Å²) < 4.78 is 0. The number of aliphatic hydroxyl groups is 2. The van der Waals surface area contributed by atoms with Gasteiger partial charge in [-0.3, -0.25) is 0 Å². The molecule has 0 radical (unpaired) electrons. The van der Waals surface area contributed by atoms with E-state index in [-0.39, 0.29) is 12.2 Å². The lowest BCUT2D eigenvalue weighted by Gasteiger charge is -2.38. The second-order valence-corrected chi connectivity index (χ2v) is 5.99. The summed E-state index contributed by atoms with van der Waals surface area (Å²) in [5, 5.41) is 19.6. The van der Waals surface area contributed by atoms with E-state index >= 15 is 0 Å². The number of hydrogen-bond acceptors (Lipinski definition) is 3. The fourth-order valence-electron chi connectivity index (χ4n) is 3.45. The average molecular weight is 227 g/mol. The van der Waals surface area contributed by atoms with Crippen molar-refractivity contribution < 1.29 is 10.2 Å². The Bertz CT molecular complexity index is 222. The highest BCUT2D eigenvalue weighted by Gasteiger charge is 2.35. The smallest absolute Gasteiger partial charge is 0.0679 e. The summed E-state index contributed by atoms with van der Waals surface area (Å²) in [6.07, 6.45) is 2.79. The maximum absolute atomic E-state index is 10.1. The van der Waals surface area contributed by atoms with Crippen molar-refractivity contribution in [1.29, 1.82) is 0 Å². The summed E-state index contributed by atoms with van der Waals surface area (Å²) in [6.45, 7) is 7.25. The van der Waals surface area contributed by atoms with Crippen LogP contribution in [0.3, 0.4) is 0 Å². The summed E-state index contributed by atoms with van der Waals surface area (Å²) >= 11 is 0. The maximum atomic E-state index is 10.1. The van der Waals surface area contributed by atoms with Crippen LogP contribution in [0, 0.1) is 17.8 Å². The Morgan fingerprint density at radius 1 is 1.19 bits per heavy atom. The van der Waals surface area contributed by atoms with E-state index in [4.69, 9.17) is 0 Å². The van der Waals surface area contributed by atoms with Crippen LogP contribution < -0.4 is 0 Å². The van der Waals surface area contributed by atoms with Crippen LogP contribution in [0.1, 0.15) is 33.1 Å². The Morgan fingerprint density at radius 2 is 1.94 bits per heavy atom. The molecule has 0 bridgehead atoms. The first-order valence-electron chi connectivity index (χ1n) is 6.64. The van der Waals surface area contributed by atoms with Gasteiger partial charge < -0.3 is 15.1 Å². The van der Waals surface area contributed by atoms with E-state index in [1.54, 1.807) is 0 Å². The second kappa shape index (κ2) is 5.03. The molecule has 2 fully saturated rings. The molecule has 2 rings (SSSR count). The molecule has 1 aliphatic carbocycles. The van der Waals surface area contributed by atoms with Crippen LogP contribution in [-0.4, -0.2) is 47.0 Å². The number of nitrogens with zero attached hydrogens (tertiary/aromatic N) is 1. The van der Waals surface area contributed by atoms with Crippen molar-refractivity contribution in [2.24, 2.45) is 17.8 Å². The molecule has 0 aromatic rings. The van der Waals surface area contributed by atoms with Gasteiger partial charge in [0.2, 0.25) is 0 Å². The van der Waals surface area contributed by atoms with Crippen LogP contribution in [-0.2, 0) is 0 Å². The summed E-state index contributed by atoms with van der Waals surface area (Å²) in [4.78, 5) is 2.31. The number of hydrogen-bond donors (Lipinski definition) is 2. The molecular weight excluding hydrogens is 202 g/mol. The highest BCUT2D eigenvalue weighted by molar-refractivity contribution is 4.86. The zero-order valence-corrected chi connectivity index (χ0v) is 10.5. The molecule has 3 nitrogen and oxygen atoms in total. The molecule has 1 saturated heterocycles. The minimum Gasteiger partial charge on any atom is -0.393 e. The Balaban J connectivity index is 1.88. The predicted molar refractivity (Wildman–Crippen MR) is 64.1 cm³/mol. The molecule has 0 amide bonds. The van der Waals surface area contributed by atoms with Crippen LogP contribution in [0.25, 0.3) is 0 Å². The number of likely N-dealkylation sites (tertiary alicyclic amines) is 1. The summed E-state index contributed by atoms with van der Waals surface area (Å²) in [6, 6.07) is 0. The molecular formula is C13H25NO2. The summed E-state index contributed by atoms with van der Waals surface area (Å²) in [5.74, 6) is 1.67. The molecule has 5 atom stereocenters. The standard InChI is InChI=1S/C13H25NO2/c1-9-5-10(2)12(13(16)6-9)8-14-4-3-11(15)7-14/h9-13,15-16H,3-8H2,1-2H3. The lowest BCUT2D eigenvalue weighted by Crippen LogP contribution is -2.42. The van der Waals surface area contributed by atoms with Crippen molar-refractivity contribution in [1.82, 2.24) is 4.90 Å². The lowest BCUT2D eigenvalue weighted by atomic mass is 9.73. The molecule has 2 aliphatic rings. The fraction of sp³-hybridized carbons (Fsp3) is 1.00. The van der Waals surface area contributed by atoms with E-state index in [1.807, 2.05) is 0 Å². The van der Waals surface area contributed by atoms with Crippen molar-refractivity contribution >= 4 is 0 Å². The van der Waals surface area contributed by atoms with Gasteiger partial charge in [0.05, 0.1) is 12.2 Å². The van der Waals surface area contributed by atoms with Gasteiger partial charge in [-0.05, 0) is 31.1 Å². The van der Waals surface area contributed by atoms with Gasteiger partial charge in [0.1, 0.15) is 0 Å². The van der Waals surface area contributed by atoms with Crippen LogP contribution in [0.15, 0.2) is 0 Å². The third kappa shape index (κ3) is 2.76. The molecule has 2 N–H and O–H groups in total. The van der Waals surface area contributed by atoms with E-state index in [2.05, 4.69) is 18.7 Å². The summed E-state index contributed by atoms with van der Waals surface area (Å²) in [5.41, 5.74) is 0. The average Bonchev–Trinajstić information content (AvgIpc) is 2.58. The van der Waals surface area contributed by atoms with Gasteiger partial charge in [-0.25, -0.2) is 0 Å². The Hall–Kier alpha value is -0.120. The van der Waals surface area contributed by atoms with Gasteiger partial charge in [-0.1, -0.05) is 13.8 Å². The normalized spacial score (nSPS) is 46.1.